The Labute approximate surface area is 180 Å². The number of nitrogens with zero attached hydrogens (tertiary/aromatic N) is 3. The third-order valence-corrected chi connectivity index (χ3v) is 6.36. The highest BCUT2D eigenvalue weighted by molar-refractivity contribution is 8.01. The number of carbonyl (C=O) groups is 1. The van der Waals surface area contributed by atoms with Crippen LogP contribution in [0.5, 0.6) is 0 Å². The average Bonchev–Trinajstić information content (AvgIpc) is 3.17. The van der Waals surface area contributed by atoms with Crippen molar-refractivity contribution in [2.75, 3.05) is 11.1 Å². The van der Waals surface area contributed by atoms with Gasteiger partial charge >= 0.3 is 5.69 Å². The minimum atomic E-state index is -0.597. The number of para-hydroxylation sites is 2. The smallest absolute Gasteiger partial charge is 0.325 e. The Bertz CT molecular complexity index is 1310. The predicted molar refractivity (Wildman–Crippen MR) is 121 cm³/mol. The summed E-state index contributed by atoms with van der Waals surface area (Å²) < 4.78 is 3.39. The number of carbonyl (C=O) groups excluding carboxylic acids is 1. The van der Waals surface area contributed by atoms with Crippen molar-refractivity contribution in [3.8, 4) is 5.69 Å². The van der Waals surface area contributed by atoms with E-state index < -0.39 is 11.2 Å². The summed E-state index contributed by atoms with van der Waals surface area (Å²) >= 11 is 2.73. The molecule has 1 N–H and O–H groups in total. The second kappa shape index (κ2) is 8.68. The van der Waals surface area contributed by atoms with Crippen molar-refractivity contribution in [1.82, 2.24) is 14.1 Å². The Balaban J connectivity index is 1.85. The fourth-order valence-electron chi connectivity index (χ4n) is 3.01. The van der Waals surface area contributed by atoms with E-state index in [0.29, 0.717) is 20.4 Å². The van der Waals surface area contributed by atoms with Crippen LogP contribution in [0.1, 0.15) is 6.92 Å². The van der Waals surface area contributed by atoms with Crippen LogP contribution in [0.15, 0.2) is 74.6 Å². The minimum Gasteiger partial charge on any atom is -0.325 e. The second-order valence-corrected chi connectivity index (χ2v) is 8.83. The summed E-state index contributed by atoms with van der Waals surface area (Å²) in [6, 6.07) is 17.7. The summed E-state index contributed by atoms with van der Waals surface area (Å²) in [6.45, 7) is 1.73. The highest BCUT2D eigenvalue weighted by atomic mass is 32.2. The van der Waals surface area contributed by atoms with E-state index in [1.54, 1.807) is 36.4 Å². The number of anilines is 1. The third kappa shape index (κ3) is 3.94. The molecule has 30 heavy (non-hydrogen) atoms. The topological polar surface area (TPSA) is 86.0 Å². The molecule has 2 aromatic carbocycles. The van der Waals surface area contributed by atoms with E-state index in [-0.39, 0.29) is 18.1 Å². The fraction of sp³-hybridized carbons (Fsp3) is 0.143. The van der Waals surface area contributed by atoms with Gasteiger partial charge in [0, 0.05) is 5.69 Å². The SMILES string of the molecule is CCSc1nc2c(s1)c(=O)n(-c1ccccc1)c(=O)n2CC(=O)Nc1ccccc1. The van der Waals surface area contributed by atoms with Gasteiger partial charge in [0.2, 0.25) is 5.91 Å². The number of benzene rings is 2. The lowest BCUT2D eigenvalue weighted by Crippen LogP contribution is -2.40. The Kier molecular flexibility index (Phi) is 5.82. The van der Waals surface area contributed by atoms with Gasteiger partial charge in [-0.15, -0.1) is 11.3 Å². The molecule has 7 nitrogen and oxygen atoms in total. The van der Waals surface area contributed by atoms with Crippen molar-refractivity contribution in [2.24, 2.45) is 0 Å². The van der Waals surface area contributed by atoms with Crippen LogP contribution in [0.2, 0.25) is 0 Å². The van der Waals surface area contributed by atoms with Crippen LogP contribution in [-0.4, -0.2) is 25.8 Å². The number of aromatic nitrogens is 3. The summed E-state index contributed by atoms with van der Waals surface area (Å²) in [5, 5.41) is 2.77. The summed E-state index contributed by atoms with van der Waals surface area (Å²) in [4.78, 5) is 43.5. The molecule has 0 saturated heterocycles. The lowest BCUT2D eigenvalue weighted by molar-refractivity contribution is -0.116. The number of hydrogen-bond acceptors (Lipinski definition) is 6. The van der Waals surface area contributed by atoms with Crippen LogP contribution < -0.4 is 16.6 Å². The Morgan fingerprint density at radius 1 is 1.07 bits per heavy atom. The van der Waals surface area contributed by atoms with E-state index in [0.717, 1.165) is 10.3 Å². The predicted octanol–water partition coefficient (Wildman–Crippen LogP) is 3.36. The van der Waals surface area contributed by atoms with Gasteiger partial charge in [0.25, 0.3) is 5.56 Å². The molecule has 0 atom stereocenters. The van der Waals surface area contributed by atoms with Crippen molar-refractivity contribution in [3.05, 3.63) is 81.5 Å². The van der Waals surface area contributed by atoms with Gasteiger partial charge in [0.05, 0.1) is 5.69 Å². The molecule has 4 rings (SSSR count). The molecule has 0 bridgehead atoms. The third-order valence-electron chi connectivity index (χ3n) is 4.31. The number of fused-ring (bicyclic) bond motifs is 1. The first-order valence-electron chi connectivity index (χ1n) is 9.28. The Morgan fingerprint density at radius 2 is 1.73 bits per heavy atom. The molecule has 0 unspecified atom stereocenters. The molecule has 4 aromatic rings. The number of rotatable bonds is 6. The van der Waals surface area contributed by atoms with Crippen LogP contribution in [0, 0.1) is 0 Å². The zero-order valence-corrected chi connectivity index (χ0v) is 17.7. The first kappa shape index (κ1) is 20.1. The van der Waals surface area contributed by atoms with Gasteiger partial charge in [-0.05, 0) is 30.0 Å². The number of thiazole rings is 1. The number of thioether (sulfide) groups is 1. The van der Waals surface area contributed by atoms with Gasteiger partial charge < -0.3 is 5.32 Å². The molecule has 0 radical (unpaired) electrons. The van der Waals surface area contributed by atoms with E-state index in [9.17, 15) is 14.4 Å². The molecule has 0 aliphatic carbocycles. The second-order valence-electron chi connectivity index (χ2n) is 6.32. The molecule has 152 valence electrons. The van der Waals surface area contributed by atoms with Crippen LogP contribution >= 0.6 is 23.1 Å². The van der Waals surface area contributed by atoms with Gasteiger partial charge in [-0.25, -0.2) is 14.3 Å². The number of nitrogens with one attached hydrogen (secondary N) is 1. The van der Waals surface area contributed by atoms with Gasteiger partial charge in [0.15, 0.2) is 9.99 Å². The van der Waals surface area contributed by atoms with E-state index in [1.807, 2.05) is 31.2 Å². The number of amides is 1. The normalized spacial score (nSPS) is 11.0. The van der Waals surface area contributed by atoms with Crippen molar-refractivity contribution in [3.63, 3.8) is 0 Å². The first-order valence-corrected chi connectivity index (χ1v) is 11.1. The number of hydrogen-bond donors (Lipinski definition) is 1. The molecular weight excluding hydrogens is 420 g/mol. The molecule has 0 spiro atoms. The monoisotopic (exact) mass is 438 g/mol. The standard InChI is InChI=1S/C21H18N4O3S2/c1-2-29-20-23-18-17(30-20)19(27)25(15-11-7-4-8-12-15)21(28)24(18)13-16(26)22-14-9-5-3-6-10-14/h3-12H,2,13H2,1H3,(H,22,26). The van der Waals surface area contributed by atoms with Gasteiger partial charge in [-0.3, -0.25) is 14.2 Å². The molecule has 0 aliphatic heterocycles. The summed E-state index contributed by atoms with van der Waals surface area (Å²) in [5.74, 6) is 0.409. The van der Waals surface area contributed by atoms with Crippen LogP contribution in [0.3, 0.4) is 0 Å². The van der Waals surface area contributed by atoms with Crippen molar-refractivity contribution in [1.29, 1.82) is 0 Å². The minimum absolute atomic E-state index is 0.237. The maximum absolute atomic E-state index is 13.3. The lowest BCUT2D eigenvalue weighted by atomic mass is 10.3. The van der Waals surface area contributed by atoms with Crippen molar-refractivity contribution < 1.29 is 4.79 Å². The summed E-state index contributed by atoms with van der Waals surface area (Å²) in [5.41, 5.74) is 0.288. The van der Waals surface area contributed by atoms with E-state index in [2.05, 4.69) is 10.3 Å². The Morgan fingerprint density at radius 3 is 2.40 bits per heavy atom. The fourth-order valence-corrected chi connectivity index (χ4v) is 4.98. The molecule has 1 amide bonds. The zero-order valence-electron chi connectivity index (χ0n) is 16.1. The first-order chi connectivity index (χ1) is 14.6. The maximum Gasteiger partial charge on any atom is 0.337 e. The molecule has 0 aliphatic rings. The highest BCUT2D eigenvalue weighted by Crippen LogP contribution is 2.27. The largest absolute Gasteiger partial charge is 0.337 e. The van der Waals surface area contributed by atoms with Gasteiger partial charge in [0.1, 0.15) is 11.2 Å². The maximum atomic E-state index is 13.3. The molecule has 0 saturated carbocycles. The van der Waals surface area contributed by atoms with Crippen molar-refractivity contribution in [2.45, 2.75) is 17.8 Å². The van der Waals surface area contributed by atoms with E-state index >= 15 is 0 Å². The van der Waals surface area contributed by atoms with Gasteiger partial charge in [-0.2, -0.15) is 0 Å². The molecule has 2 heterocycles. The quantitative estimate of drug-likeness (QED) is 0.467. The van der Waals surface area contributed by atoms with Crippen molar-refractivity contribution >= 4 is 45.0 Å². The van der Waals surface area contributed by atoms with Crippen LogP contribution in [0.4, 0.5) is 5.69 Å². The lowest BCUT2D eigenvalue weighted by Gasteiger charge is -2.11. The average molecular weight is 439 g/mol. The van der Waals surface area contributed by atoms with Crippen LogP contribution in [-0.2, 0) is 11.3 Å². The molecule has 2 aromatic heterocycles. The van der Waals surface area contributed by atoms with Gasteiger partial charge in [-0.1, -0.05) is 55.1 Å². The summed E-state index contributed by atoms with van der Waals surface area (Å²) in [6.07, 6.45) is 0. The van der Waals surface area contributed by atoms with E-state index in [4.69, 9.17) is 0 Å². The summed E-state index contributed by atoms with van der Waals surface area (Å²) in [7, 11) is 0. The zero-order chi connectivity index (χ0) is 21.1. The molecule has 0 fully saturated rings. The molecular formula is C21H18N4O3S2. The van der Waals surface area contributed by atoms with Crippen LogP contribution in [0.25, 0.3) is 16.0 Å². The highest BCUT2D eigenvalue weighted by Gasteiger charge is 2.20. The van der Waals surface area contributed by atoms with E-state index in [1.165, 1.54) is 27.7 Å². The Hall–Kier alpha value is -3.17. The molecule has 9 heteroatoms.